The Morgan fingerprint density at radius 2 is 1.90 bits per heavy atom. The van der Waals surface area contributed by atoms with Gasteiger partial charge in [0.1, 0.15) is 5.82 Å². The number of rotatable bonds is 3. The van der Waals surface area contributed by atoms with Crippen molar-refractivity contribution < 1.29 is 13.9 Å². The van der Waals surface area contributed by atoms with Crippen LogP contribution in [0, 0.1) is 11.7 Å². The lowest BCUT2D eigenvalue weighted by molar-refractivity contribution is 0.0992. The third kappa shape index (κ3) is 4.55. The predicted octanol–water partition coefficient (Wildman–Crippen LogP) is 3.09. The molecule has 1 fully saturated rings. The highest BCUT2D eigenvalue weighted by atomic mass is 19.1. The van der Waals surface area contributed by atoms with Gasteiger partial charge in [-0.25, -0.2) is 4.39 Å². The highest BCUT2D eigenvalue weighted by Crippen LogP contribution is 2.12. The minimum Gasteiger partial charge on any atom is -0.465 e. The zero-order valence-electron chi connectivity index (χ0n) is 12.5. The fraction of sp³-hybridized carbons (Fsp3) is 0.500. The van der Waals surface area contributed by atoms with E-state index in [9.17, 15) is 9.18 Å². The van der Waals surface area contributed by atoms with Gasteiger partial charge >= 0.3 is 0 Å². The van der Waals surface area contributed by atoms with E-state index >= 15 is 0 Å². The number of benzene rings is 1. The van der Waals surface area contributed by atoms with Gasteiger partial charge in [0, 0.05) is 18.7 Å². The Morgan fingerprint density at radius 1 is 1.29 bits per heavy atom. The Kier molecular flexibility index (Phi) is 5.31. The van der Waals surface area contributed by atoms with Crippen molar-refractivity contribution in [3.8, 4) is 0 Å². The lowest BCUT2D eigenvalue weighted by Gasteiger charge is -2.20. The zero-order chi connectivity index (χ0) is 15.2. The van der Waals surface area contributed by atoms with E-state index in [0.717, 1.165) is 25.9 Å². The van der Waals surface area contributed by atoms with E-state index < -0.39 is 5.91 Å². The van der Waals surface area contributed by atoms with Gasteiger partial charge in [-0.05, 0) is 43.0 Å². The first-order chi connectivity index (χ1) is 10.1. The van der Waals surface area contributed by atoms with Crippen molar-refractivity contribution >= 4 is 11.9 Å². The van der Waals surface area contributed by atoms with Crippen LogP contribution in [-0.4, -0.2) is 36.5 Å². The van der Waals surface area contributed by atoms with Crippen LogP contribution in [0.5, 0.6) is 0 Å². The predicted molar refractivity (Wildman–Crippen MR) is 79.8 cm³/mol. The summed E-state index contributed by atoms with van der Waals surface area (Å²) in [7, 11) is 0. The van der Waals surface area contributed by atoms with Crippen molar-refractivity contribution in [3.63, 3.8) is 0 Å². The molecule has 4 nitrogen and oxygen atoms in total. The lowest BCUT2D eigenvalue weighted by atomic mass is 10.2. The number of amidine groups is 1. The van der Waals surface area contributed by atoms with E-state index in [2.05, 4.69) is 4.99 Å². The topological polar surface area (TPSA) is 41.9 Å². The van der Waals surface area contributed by atoms with Gasteiger partial charge < -0.3 is 9.64 Å². The first-order valence-corrected chi connectivity index (χ1v) is 7.32. The van der Waals surface area contributed by atoms with Gasteiger partial charge in [0.25, 0.3) is 11.9 Å². The second kappa shape index (κ2) is 7.20. The van der Waals surface area contributed by atoms with Crippen molar-refractivity contribution in [3.05, 3.63) is 35.6 Å². The summed E-state index contributed by atoms with van der Waals surface area (Å²) in [4.78, 5) is 18.2. The molecule has 0 saturated carbocycles. The maximum absolute atomic E-state index is 12.9. The number of hydrogen-bond donors (Lipinski definition) is 0. The maximum atomic E-state index is 12.9. The summed E-state index contributed by atoms with van der Waals surface area (Å²) < 4.78 is 18.6. The number of amides is 1. The molecule has 0 N–H and O–H groups in total. The minimum atomic E-state index is -0.402. The van der Waals surface area contributed by atoms with E-state index in [1.165, 1.54) is 24.3 Å². The summed E-state index contributed by atoms with van der Waals surface area (Å²) in [6, 6.07) is 5.77. The molecule has 2 rings (SSSR count). The van der Waals surface area contributed by atoms with Crippen molar-refractivity contribution in [2.45, 2.75) is 26.7 Å². The van der Waals surface area contributed by atoms with Crippen molar-refractivity contribution in [1.82, 2.24) is 4.90 Å². The Balaban J connectivity index is 2.13. The molecular weight excluding hydrogens is 271 g/mol. The summed E-state index contributed by atoms with van der Waals surface area (Å²) in [6.07, 6.45) is 2.16. The number of carbonyl (C=O) groups excluding carboxylic acids is 1. The summed E-state index contributed by atoms with van der Waals surface area (Å²) in [6.45, 7) is 6.32. The van der Waals surface area contributed by atoms with E-state index in [4.69, 9.17) is 4.74 Å². The molecule has 1 heterocycles. The van der Waals surface area contributed by atoms with Gasteiger partial charge in [-0.1, -0.05) is 13.8 Å². The third-order valence-corrected chi connectivity index (χ3v) is 3.21. The zero-order valence-corrected chi connectivity index (χ0v) is 12.5. The van der Waals surface area contributed by atoms with Crippen LogP contribution < -0.4 is 0 Å². The average molecular weight is 292 g/mol. The van der Waals surface area contributed by atoms with E-state index in [1.807, 2.05) is 18.7 Å². The van der Waals surface area contributed by atoms with Gasteiger partial charge in [-0.2, -0.15) is 4.99 Å². The Bertz CT molecular complexity index is 506. The lowest BCUT2D eigenvalue weighted by Crippen LogP contribution is -2.32. The molecule has 1 aromatic rings. The monoisotopic (exact) mass is 292 g/mol. The van der Waals surface area contributed by atoms with Crippen LogP contribution in [0.2, 0.25) is 0 Å². The molecule has 1 aromatic carbocycles. The fourth-order valence-electron chi connectivity index (χ4n) is 2.09. The van der Waals surface area contributed by atoms with Crippen LogP contribution >= 0.6 is 0 Å². The van der Waals surface area contributed by atoms with Crippen LogP contribution in [0.3, 0.4) is 0 Å². The highest BCUT2D eigenvalue weighted by molar-refractivity contribution is 6.01. The van der Waals surface area contributed by atoms with Crippen LogP contribution in [0.4, 0.5) is 4.39 Å². The Labute approximate surface area is 124 Å². The molecular formula is C16H21FN2O2. The van der Waals surface area contributed by atoms with Crippen LogP contribution in [0.1, 0.15) is 37.0 Å². The number of carbonyl (C=O) groups is 1. The number of likely N-dealkylation sites (tertiary alicyclic amines) is 1. The van der Waals surface area contributed by atoms with Gasteiger partial charge in [0.2, 0.25) is 0 Å². The SMILES string of the molecule is CC(C)COC(=NC(=O)c1ccc(F)cc1)N1CCCC1. The molecule has 114 valence electrons. The number of hydrogen-bond acceptors (Lipinski definition) is 2. The molecule has 0 bridgehead atoms. The van der Waals surface area contributed by atoms with Crippen molar-refractivity contribution in [2.24, 2.45) is 10.9 Å². The van der Waals surface area contributed by atoms with Gasteiger partial charge in [0.05, 0.1) is 6.61 Å². The third-order valence-electron chi connectivity index (χ3n) is 3.21. The van der Waals surface area contributed by atoms with E-state index in [-0.39, 0.29) is 5.82 Å². The number of ether oxygens (including phenoxy) is 1. The summed E-state index contributed by atoms with van der Waals surface area (Å²) in [5.74, 6) is -0.411. The normalized spacial score (nSPS) is 15.6. The quantitative estimate of drug-likeness (QED) is 0.635. The molecule has 5 heteroatoms. The summed E-state index contributed by atoms with van der Waals surface area (Å²) in [5, 5.41) is 0. The largest absolute Gasteiger partial charge is 0.465 e. The Morgan fingerprint density at radius 3 is 2.48 bits per heavy atom. The second-order valence-corrected chi connectivity index (χ2v) is 5.61. The van der Waals surface area contributed by atoms with E-state index in [1.54, 1.807) is 0 Å². The van der Waals surface area contributed by atoms with E-state index in [0.29, 0.717) is 24.1 Å². The molecule has 0 aliphatic carbocycles. The fourth-order valence-corrected chi connectivity index (χ4v) is 2.09. The number of halogens is 1. The average Bonchev–Trinajstić information content (AvgIpc) is 2.97. The molecule has 1 amide bonds. The first-order valence-electron chi connectivity index (χ1n) is 7.32. The standard InChI is InChI=1S/C16H21FN2O2/c1-12(2)11-21-16(19-9-3-4-10-19)18-15(20)13-5-7-14(17)8-6-13/h5-8,12H,3-4,9-11H2,1-2H3. The molecule has 0 unspecified atom stereocenters. The van der Waals surface area contributed by atoms with Gasteiger partial charge in [-0.3, -0.25) is 4.79 Å². The molecule has 0 atom stereocenters. The summed E-state index contributed by atoms with van der Waals surface area (Å²) in [5.41, 5.74) is 0.362. The number of aliphatic imine (C=N–C) groups is 1. The highest BCUT2D eigenvalue weighted by Gasteiger charge is 2.20. The van der Waals surface area contributed by atoms with Crippen LogP contribution in [0.25, 0.3) is 0 Å². The molecule has 1 saturated heterocycles. The Hall–Kier alpha value is -1.91. The molecule has 0 radical (unpaired) electrons. The second-order valence-electron chi connectivity index (χ2n) is 5.61. The molecule has 0 aromatic heterocycles. The maximum Gasteiger partial charge on any atom is 0.295 e. The smallest absolute Gasteiger partial charge is 0.295 e. The van der Waals surface area contributed by atoms with Gasteiger partial charge in [0.15, 0.2) is 0 Å². The van der Waals surface area contributed by atoms with Gasteiger partial charge in [-0.15, -0.1) is 0 Å². The van der Waals surface area contributed by atoms with Crippen LogP contribution in [-0.2, 0) is 4.74 Å². The molecule has 1 aliphatic rings. The minimum absolute atomic E-state index is 0.360. The molecule has 0 spiro atoms. The summed E-state index contributed by atoms with van der Waals surface area (Å²) >= 11 is 0. The first kappa shape index (κ1) is 15.5. The molecule has 1 aliphatic heterocycles. The number of nitrogens with zero attached hydrogens (tertiary/aromatic N) is 2. The molecule has 21 heavy (non-hydrogen) atoms. The van der Waals surface area contributed by atoms with Crippen molar-refractivity contribution in [2.75, 3.05) is 19.7 Å². The van der Waals surface area contributed by atoms with Crippen molar-refractivity contribution in [1.29, 1.82) is 0 Å². The van der Waals surface area contributed by atoms with Crippen LogP contribution in [0.15, 0.2) is 29.3 Å².